The van der Waals surface area contributed by atoms with Gasteiger partial charge in [-0.2, -0.15) is 0 Å². The van der Waals surface area contributed by atoms with Crippen LogP contribution < -0.4 is 0 Å². The number of oxime groups is 1. The Morgan fingerprint density at radius 2 is 2.00 bits per heavy atom. The summed E-state index contributed by atoms with van der Waals surface area (Å²) < 4.78 is 36.0. The van der Waals surface area contributed by atoms with E-state index >= 15 is 0 Å². The molecule has 0 aromatic heterocycles. The molecule has 4 nitrogen and oxygen atoms in total. The fourth-order valence-corrected chi connectivity index (χ4v) is 1.81. The maximum Gasteiger partial charge on any atom is 0.155 e. The first-order valence-corrected chi connectivity index (χ1v) is 6.49. The zero-order chi connectivity index (χ0) is 12.3. The van der Waals surface area contributed by atoms with Crippen molar-refractivity contribution in [2.75, 3.05) is 6.26 Å². The Hall–Kier alpha value is -1.43. The molecule has 0 fully saturated rings. The summed E-state index contributed by atoms with van der Waals surface area (Å²) in [4.78, 5) is 0. The summed E-state index contributed by atoms with van der Waals surface area (Å²) in [6.45, 7) is 1.34. The number of halogens is 1. The van der Waals surface area contributed by atoms with Crippen molar-refractivity contribution in [2.45, 2.75) is 12.2 Å². The number of nitrogens with zero attached hydrogens (tertiary/aromatic N) is 1. The van der Waals surface area contributed by atoms with Gasteiger partial charge in [0.1, 0.15) is 16.8 Å². The van der Waals surface area contributed by atoms with Gasteiger partial charge in [0.2, 0.25) is 0 Å². The molecule has 0 aliphatic carbocycles. The van der Waals surface area contributed by atoms with Crippen LogP contribution in [-0.2, 0) is 9.84 Å². The molecule has 1 aromatic rings. The summed E-state index contributed by atoms with van der Waals surface area (Å²) in [6, 6.07) is 5.55. The minimum absolute atomic E-state index is 0.0112. The average Bonchev–Trinajstić information content (AvgIpc) is 2.20. The van der Waals surface area contributed by atoms with Crippen LogP contribution in [0, 0.1) is 5.82 Å². The van der Waals surface area contributed by atoms with Crippen LogP contribution in [0.25, 0.3) is 0 Å². The van der Waals surface area contributed by atoms with E-state index < -0.39 is 20.9 Å². The topological polar surface area (TPSA) is 66.7 Å². The molecule has 1 rings (SSSR count). The molecule has 1 aromatic carbocycles. The van der Waals surface area contributed by atoms with Crippen molar-refractivity contribution in [1.82, 2.24) is 0 Å². The quantitative estimate of drug-likeness (QED) is 0.497. The minimum atomic E-state index is -3.44. The lowest BCUT2D eigenvalue weighted by molar-refractivity contribution is 0.318. The molecule has 0 amide bonds. The Labute approximate surface area is 93.3 Å². The predicted octanol–water partition coefficient (Wildman–Crippen LogP) is 1.44. The Kier molecular flexibility index (Phi) is 3.64. The van der Waals surface area contributed by atoms with Gasteiger partial charge in [-0.05, 0) is 13.0 Å². The van der Waals surface area contributed by atoms with Crippen LogP contribution in [-0.4, -0.2) is 30.8 Å². The van der Waals surface area contributed by atoms with E-state index in [9.17, 15) is 12.8 Å². The van der Waals surface area contributed by atoms with E-state index in [1.165, 1.54) is 25.1 Å². The molecular formula is C10H12FNO3S. The van der Waals surface area contributed by atoms with E-state index in [1.54, 1.807) is 6.07 Å². The summed E-state index contributed by atoms with van der Waals surface area (Å²) in [7, 11) is -3.44. The molecule has 0 bridgehead atoms. The average molecular weight is 245 g/mol. The third kappa shape index (κ3) is 2.57. The van der Waals surface area contributed by atoms with Gasteiger partial charge < -0.3 is 5.21 Å². The fraction of sp³-hybridized carbons (Fsp3) is 0.300. The molecule has 0 aliphatic rings. The molecule has 1 unspecified atom stereocenters. The van der Waals surface area contributed by atoms with Crippen molar-refractivity contribution in [1.29, 1.82) is 0 Å². The lowest BCUT2D eigenvalue weighted by Crippen LogP contribution is -2.28. The predicted molar refractivity (Wildman–Crippen MR) is 59.0 cm³/mol. The van der Waals surface area contributed by atoms with Crippen LogP contribution in [0.4, 0.5) is 4.39 Å². The van der Waals surface area contributed by atoms with Gasteiger partial charge in [0, 0.05) is 11.8 Å². The van der Waals surface area contributed by atoms with Gasteiger partial charge in [0.15, 0.2) is 9.84 Å². The minimum Gasteiger partial charge on any atom is -0.411 e. The van der Waals surface area contributed by atoms with Crippen LogP contribution in [0.2, 0.25) is 0 Å². The molecule has 6 heteroatoms. The second-order valence-corrected chi connectivity index (χ2v) is 5.80. The monoisotopic (exact) mass is 245 g/mol. The first kappa shape index (κ1) is 12.6. The lowest BCUT2D eigenvalue weighted by Gasteiger charge is -2.11. The number of benzene rings is 1. The maximum atomic E-state index is 13.4. The van der Waals surface area contributed by atoms with E-state index in [1.807, 2.05) is 0 Å². The Balaban J connectivity index is 3.26. The third-order valence-corrected chi connectivity index (χ3v) is 3.79. The lowest BCUT2D eigenvalue weighted by atomic mass is 10.1. The smallest absolute Gasteiger partial charge is 0.155 e. The van der Waals surface area contributed by atoms with E-state index in [-0.39, 0.29) is 11.3 Å². The molecule has 0 radical (unpaired) electrons. The van der Waals surface area contributed by atoms with Crippen LogP contribution in [0.3, 0.4) is 0 Å². The molecule has 0 spiro atoms. The van der Waals surface area contributed by atoms with Gasteiger partial charge in [0.05, 0.1) is 0 Å². The fourth-order valence-electron chi connectivity index (χ4n) is 1.23. The zero-order valence-electron chi connectivity index (χ0n) is 8.88. The van der Waals surface area contributed by atoms with Crippen LogP contribution >= 0.6 is 0 Å². The van der Waals surface area contributed by atoms with Gasteiger partial charge in [-0.3, -0.25) is 0 Å². The van der Waals surface area contributed by atoms with Gasteiger partial charge in [-0.1, -0.05) is 23.4 Å². The van der Waals surface area contributed by atoms with Gasteiger partial charge in [-0.25, -0.2) is 12.8 Å². The Bertz CT molecular complexity index is 511. The van der Waals surface area contributed by atoms with Crippen molar-refractivity contribution < 1.29 is 18.0 Å². The first-order chi connectivity index (χ1) is 7.38. The number of rotatable bonds is 3. The van der Waals surface area contributed by atoms with Gasteiger partial charge in [-0.15, -0.1) is 0 Å². The molecule has 0 saturated carbocycles. The molecule has 0 aliphatic heterocycles. The van der Waals surface area contributed by atoms with Gasteiger partial charge in [0.25, 0.3) is 0 Å². The molecule has 1 N–H and O–H groups in total. The highest BCUT2D eigenvalue weighted by atomic mass is 32.2. The van der Waals surface area contributed by atoms with Crippen molar-refractivity contribution >= 4 is 15.5 Å². The standard InChI is InChI=1S/C10H12FNO3S/c1-7(16(2,14)15)10(12-13)8-5-3-4-6-9(8)11/h3-7,13H,1-2H3. The van der Waals surface area contributed by atoms with E-state index in [0.29, 0.717) is 0 Å². The van der Waals surface area contributed by atoms with Crippen molar-refractivity contribution in [2.24, 2.45) is 5.16 Å². The van der Waals surface area contributed by atoms with E-state index in [2.05, 4.69) is 5.16 Å². The zero-order valence-corrected chi connectivity index (χ0v) is 9.70. The molecule has 16 heavy (non-hydrogen) atoms. The molecule has 88 valence electrons. The second-order valence-electron chi connectivity index (χ2n) is 3.44. The summed E-state index contributed by atoms with van der Waals surface area (Å²) in [6.07, 6.45) is 1.00. The van der Waals surface area contributed by atoms with E-state index in [4.69, 9.17) is 5.21 Å². The van der Waals surface area contributed by atoms with Crippen molar-refractivity contribution in [3.63, 3.8) is 0 Å². The van der Waals surface area contributed by atoms with Crippen molar-refractivity contribution in [3.8, 4) is 0 Å². The SMILES string of the molecule is CC(C(=NO)c1ccccc1F)S(C)(=O)=O. The highest BCUT2D eigenvalue weighted by molar-refractivity contribution is 7.92. The number of hydrogen-bond acceptors (Lipinski definition) is 4. The largest absolute Gasteiger partial charge is 0.411 e. The van der Waals surface area contributed by atoms with Crippen LogP contribution in [0.15, 0.2) is 29.4 Å². The Morgan fingerprint density at radius 3 is 2.44 bits per heavy atom. The normalized spacial score (nSPS) is 14.8. The maximum absolute atomic E-state index is 13.4. The molecular weight excluding hydrogens is 233 g/mol. The molecule has 0 heterocycles. The highest BCUT2D eigenvalue weighted by Gasteiger charge is 2.25. The summed E-state index contributed by atoms with van der Waals surface area (Å²) in [5, 5.41) is 10.6. The van der Waals surface area contributed by atoms with Crippen LogP contribution in [0.1, 0.15) is 12.5 Å². The second kappa shape index (κ2) is 4.61. The first-order valence-electron chi connectivity index (χ1n) is 4.53. The Morgan fingerprint density at radius 1 is 1.44 bits per heavy atom. The van der Waals surface area contributed by atoms with Gasteiger partial charge >= 0.3 is 0 Å². The number of hydrogen-bond donors (Lipinski definition) is 1. The third-order valence-electron chi connectivity index (χ3n) is 2.28. The molecule has 0 saturated heterocycles. The van der Waals surface area contributed by atoms with E-state index in [0.717, 1.165) is 6.26 Å². The van der Waals surface area contributed by atoms with Crippen LogP contribution in [0.5, 0.6) is 0 Å². The summed E-state index contributed by atoms with van der Waals surface area (Å²) >= 11 is 0. The summed E-state index contributed by atoms with van der Waals surface area (Å²) in [5.41, 5.74) is -0.205. The summed E-state index contributed by atoms with van der Waals surface area (Å²) in [5.74, 6) is -0.620. The van der Waals surface area contributed by atoms with Crippen molar-refractivity contribution in [3.05, 3.63) is 35.6 Å². The highest BCUT2D eigenvalue weighted by Crippen LogP contribution is 2.14. The molecule has 1 atom stereocenters. The number of sulfone groups is 1.